The molecule has 6 nitrogen and oxygen atoms in total. The van der Waals surface area contributed by atoms with Crippen LogP contribution in [0.1, 0.15) is 5.56 Å². The molecular weight excluding hydrogens is 336 g/mol. The molecule has 1 aliphatic rings. The number of hydrogen-bond acceptors (Lipinski definition) is 5. The van der Waals surface area contributed by atoms with Gasteiger partial charge in [0.2, 0.25) is 10.0 Å². The maximum Gasteiger partial charge on any atom is 0.243 e. The van der Waals surface area contributed by atoms with Crippen molar-refractivity contribution in [2.24, 2.45) is 0 Å². The molecule has 1 aromatic carbocycles. The molecule has 0 aliphatic carbocycles. The summed E-state index contributed by atoms with van der Waals surface area (Å²) in [6, 6.07) is 7.14. The van der Waals surface area contributed by atoms with Crippen LogP contribution in [0.4, 0.5) is 0 Å². The third-order valence-corrected chi connectivity index (χ3v) is 6.76. The van der Waals surface area contributed by atoms with Crippen LogP contribution in [0.25, 0.3) is 0 Å². The summed E-state index contributed by atoms with van der Waals surface area (Å²) in [7, 11) is 2.80. The Bertz CT molecular complexity index is 615. The second kappa shape index (κ2) is 9.09. The summed E-state index contributed by atoms with van der Waals surface area (Å²) in [6.45, 7) is 8.36. The van der Waals surface area contributed by atoms with E-state index < -0.39 is 10.0 Å². The van der Waals surface area contributed by atoms with Crippen LogP contribution in [0.3, 0.4) is 0 Å². The molecule has 0 unspecified atom stereocenters. The molecule has 7 heteroatoms. The number of benzene rings is 1. The summed E-state index contributed by atoms with van der Waals surface area (Å²) >= 11 is 0. The van der Waals surface area contributed by atoms with Crippen molar-refractivity contribution in [3.8, 4) is 0 Å². The molecule has 1 fully saturated rings. The molecule has 0 N–H and O–H groups in total. The van der Waals surface area contributed by atoms with E-state index in [0.29, 0.717) is 18.0 Å². The van der Waals surface area contributed by atoms with E-state index in [1.165, 1.54) is 0 Å². The zero-order valence-electron chi connectivity index (χ0n) is 16.0. The normalized spacial score (nSPS) is 21.6. The Morgan fingerprint density at radius 1 is 0.680 bits per heavy atom. The van der Waals surface area contributed by atoms with Crippen molar-refractivity contribution in [1.82, 2.24) is 19.0 Å². The first-order valence-electron chi connectivity index (χ1n) is 8.91. The fourth-order valence-electron chi connectivity index (χ4n) is 2.79. The molecular formula is C18H32N4O2S. The molecule has 2 rings (SSSR count). The molecule has 0 radical (unpaired) electrons. The number of rotatable bonds is 2. The zero-order valence-corrected chi connectivity index (χ0v) is 16.8. The maximum atomic E-state index is 13.1. The average molecular weight is 369 g/mol. The molecule has 1 heterocycles. The number of sulfonamides is 1. The van der Waals surface area contributed by atoms with Crippen LogP contribution in [0.2, 0.25) is 0 Å². The van der Waals surface area contributed by atoms with Crippen molar-refractivity contribution >= 4 is 10.0 Å². The number of aryl methyl sites for hydroxylation is 1. The third-order valence-electron chi connectivity index (χ3n) is 4.85. The second-order valence-corrected chi connectivity index (χ2v) is 9.06. The number of hydrogen-bond donors (Lipinski definition) is 0. The molecule has 1 aliphatic heterocycles. The largest absolute Gasteiger partial charge is 0.304 e. The second-order valence-electron chi connectivity index (χ2n) is 7.13. The van der Waals surface area contributed by atoms with Crippen molar-refractivity contribution in [3.05, 3.63) is 29.8 Å². The lowest BCUT2D eigenvalue weighted by Crippen LogP contribution is -2.45. The Hall–Kier alpha value is -0.990. The van der Waals surface area contributed by atoms with Crippen molar-refractivity contribution in [3.63, 3.8) is 0 Å². The summed E-state index contributed by atoms with van der Waals surface area (Å²) in [5.41, 5.74) is 1.07. The van der Waals surface area contributed by atoms with Crippen LogP contribution in [0.5, 0.6) is 0 Å². The van der Waals surface area contributed by atoms with Gasteiger partial charge in [0.25, 0.3) is 0 Å². The first kappa shape index (κ1) is 20.3. The summed E-state index contributed by atoms with van der Waals surface area (Å²) < 4.78 is 27.8. The standard InChI is InChI=1S/C18H32N4O2S/c1-17-5-7-18(8-6-17)25(23,24)22-15-13-20(3)11-9-19(2)10-12-21(4)14-16-22/h5-8H,9-16H2,1-4H3. The molecule has 0 saturated carbocycles. The van der Waals surface area contributed by atoms with E-state index in [1.54, 1.807) is 16.4 Å². The predicted octanol–water partition coefficient (Wildman–Crippen LogP) is 0.795. The van der Waals surface area contributed by atoms with E-state index in [4.69, 9.17) is 0 Å². The van der Waals surface area contributed by atoms with Gasteiger partial charge in [0.05, 0.1) is 4.90 Å². The Kier molecular flexibility index (Phi) is 7.39. The average Bonchev–Trinajstić information content (AvgIpc) is 2.57. The summed E-state index contributed by atoms with van der Waals surface area (Å²) in [5, 5.41) is 0. The lowest BCUT2D eigenvalue weighted by molar-refractivity contribution is 0.198. The predicted molar refractivity (Wildman–Crippen MR) is 102 cm³/mol. The van der Waals surface area contributed by atoms with E-state index >= 15 is 0 Å². The monoisotopic (exact) mass is 368 g/mol. The van der Waals surface area contributed by atoms with Crippen molar-refractivity contribution in [2.45, 2.75) is 11.8 Å². The molecule has 0 amide bonds. The molecule has 142 valence electrons. The Morgan fingerprint density at radius 2 is 1.04 bits per heavy atom. The molecule has 0 bridgehead atoms. The number of likely N-dealkylation sites (N-methyl/N-ethyl adjacent to an activating group) is 3. The van der Waals surface area contributed by atoms with Gasteiger partial charge in [-0.1, -0.05) is 17.7 Å². The van der Waals surface area contributed by atoms with E-state index in [-0.39, 0.29) is 0 Å². The Morgan fingerprint density at radius 3 is 1.44 bits per heavy atom. The van der Waals surface area contributed by atoms with Crippen LogP contribution in [0, 0.1) is 6.92 Å². The van der Waals surface area contributed by atoms with Gasteiger partial charge in [0, 0.05) is 52.4 Å². The minimum absolute atomic E-state index is 0.384. The summed E-state index contributed by atoms with van der Waals surface area (Å²) in [4.78, 5) is 7.13. The van der Waals surface area contributed by atoms with Gasteiger partial charge in [-0.15, -0.1) is 0 Å². The van der Waals surface area contributed by atoms with Crippen molar-refractivity contribution in [2.75, 3.05) is 73.5 Å². The van der Waals surface area contributed by atoms with Gasteiger partial charge < -0.3 is 14.7 Å². The lowest BCUT2D eigenvalue weighted by atomic mass is 10.2. The lowest BCUT2D eigenvalue weighted by Gasteiger charge is -2.30. The van der Waals surface area contributed by atoms with E-state index in [1.807, 2.05) is 19.1 Å². The van der Waals surface area contributed by atoms with Gasteiger partial charge in [0.15, 0.2) is 0 Å². The highest BCUT2D eigenvalue weighted by Crippen LogP contribution is 2.16. The molecule has 0 spiro atoms. The van der Waals surface area contributed by atoms with Crippen LogP contribution >= 0.6 is 0 Å². The van der Waals surface area contributed by atoms with Gasteiger partial charge in [-0.05, 0) is 40.2 Å². The highest BCUT2D eigenvalue weighted by molar-refractivity contribution is 7.89. The van der Waals surface area contributed by atoms with E-state index in [0.717, 1.165) is 44.8 Å². The fourth-order valence-corrected chi connectivity index (χ4v) is 4.22. The van der Waals surface area contributed by atoms with Crippen molar-refractivity contribution in [1.29, 1.82) is 0 Å². The summed E-state index contributed by atoms with van der Waals surface area (Å²) in [6.07, 6.45) is 0. The SMILES string of the molecule is Cc1ccc(S(=O)(=O)N2CCN(C)CCN(C)CCN(C)CC2)cc1. The first-order chi connectivity index (χ1) is 11.8. The van der Waals surface area contributed by atoms with Crippen LogP contribution < -0.4 is 0 Å². The van der Waals surface area contributed by atoms with Crippen LogP contribution in [-0.2, 0) is 10.0 Å². The molecule has 1 aromatic rings. The minimum Gasteiger partial charge on any atom is -0.304 e. The Balaban J connectivity index is 2.16. The van der Waals surface area contributed by atoms with Gasteiger partial charge >= 0.3 is 0 Å². The topological polar surface area (TPSA) is 47.1 Å². The maximum absolute atomic E-state index is 13.1. The quantitative estimate of drug-likeness (QED) is 0.773. The first-order valence-corrected chi connectivity index (χ1v) is 10.4. The van der Waals surface area contributed by atoms with E-state index in [9.17, 15) is 8.42 Å². The van der Waals surface area contributed by atoms with Crippen LogP contribution in [-0.4, -0.2) is 101 Å². The molecule has 0 aromatic heterocycles. The number of nitrogens with zero attached hydrogens (tertiary/aromatic N) is 4. The van der Waals surface area contributed by atoms with Crippen molar-refractivity contribution < 1.29 is 8.42 Å². The highest BCUT2D eigenvalue weighted by Gasteiger charge is 2.25. The third kappa shape index (κ3) is 6.04. The molecule has 25 heavy (non-hydrogen) atoms. The minimum atomic E-state index is -3.46. The summed E-state index contributed by atoms with van der Waals surface area (Å²) in [5.74, 6) is 0. The highest BCUT2D eigenvalue weighted by atomic mass is 32.2. The zero-order chi connectivity index (χ0) is 18.4. The van der Waals surface area contributed by atoms with Gasteiger partial charge in [-0.3, -0.25) is 0 Å². The Labute approximate surface area is 153 Å². The van der Waals surface area contributed by atoms with E-state index in [2.05, 4.69) is 35.8 Å². The molecule has 0 atom stereocenters. The molecule has 1 saturated heterocycles. The smallest absolute Gasteiger partial charge is 0.243 e. The van der Waals surface area contributed by atoms with Crippen LogP contribution in [0.15, 0.2) is 29.2 Å². The fraction of sp³-hybridized carbons (Fsp3) is 0.667. The van der Waals surface area contributed by atoms with Gasteiger partial charge in [-0.25, -0.2) is 8.42 Å². The van der Waals surface area contributed by atoms with Gasteiger partial charge in [0.1, 0.15) is 0 Å². The van der Waals surface area contributed by atoms with Gasteiger partial charge in [-0.2, -0.15) is 4.31 Å².